The van der Waals surface area contributed by atoms with Crippen molar-refractivity contribution in [3.63, 3.8) is 0 Å². The number of hydrogen-bond acceptors (Lipinski definition) is 5. The van der Waals surface area contributed by atoms with Gasteiger partial charge >= 0.3 is 0 Å². The van der Waals surface area contributed by atoms with Crippen LogP contribution in [0.1, 0.15) is 367 Å². The first-order chi connectivity index (χ1) is 34.0. The van der Waals surface area contributed by atoms with E-state index in [9.17, 15) is 25.2 Å². The van der Waals surface area contributed by atoms with Gasteiger partial charge in [0.05, 0.1) is 18.8 Å². The molecule has 4 atom stereocenters. The Bertz CT molecular complexity index is 964. The number of unbranched alkanes of at least 4 members (excludes halogenated alkanes) is 51. The number of nitrogens with one attached hydrogen (secondary N) is 1. The standard InChI is InChI=1S/C63H127NO5/c1-3-5-7-9-11-13-15-17-19-21-23-25-26-27-28-29-30-31-32-33-34-35-37-38-40-42-44-46-48-50-52-54-56-60(66)62(68)59(58-65)64-63(69)61(67)57-55-53-51-49-47-45-43-41-39-36-24-22-20-18-16-14-12-10-8-6-4-2/h59-62,65-68H,3-58H2,1-2H3,(H,64,69). The maximum absolute atomic E-state index is 12.6. The summed E-state index contributed by atoms with van der Waals surface area (Å²) in [7, 11) is 0. The molecule has 0 aliphatic carbocycles. The predicted molar refractivity (Wildman–Crippen MR) is 302 cm³/mol. The zero-order valence-electron chi connectivity index (χ0n) is 47.1. The van der Waals surface area contributed by atoms with E-state index in [2.05, 4.69) is 19.2 Å². The first kappa shape index (κ1) is 68.3. The zero-order chi connectivity index (χ0) is 50.2. The normalized spacial score (nSPS) is 13.5. The molecule has 69 heavy (non-hydrogen) atoms. The Kier molecular flexibility index (Phi) is 57.6. The van der Waals surface area contributed by atoms with Gasteiger partial charge in [-0.3, -0.25) is 4.79 Å². The van der Waals surface area contributed by atoms with E-state index in [1.54, 1.807) is 0 Å². The SMILES string of the molecule is CCCCCCCCCCCCCCCCCCCCCCCCCCCCCCCCCCC(O)C(O)C(CO)NC(=O)C(O)CCCCCCCCCCCCCCCCCCCCCCC. The Labute approximate surface area is 432 Å². The highest BCUT2D eigenvalue weighted by Gasteiger charge is 2.28. The summed E-state index contributed by atoms with van der Waals surface area (Å²) in [6.07, 6.45) is 69.2. The first-order valence-electron chi connectivity index (χ1n) is 31.9. The minimum absolute atomic E-state index is 0.376. The summed E-state index contributed by atoms with van der Waals surface area (Å²) in [6, 6.07) is -0.981. The Morgan fingerprint density at radius 1 is 0.304 bits per heavy atom. The molecule has 0 aromatic rings. The summed E-state index contributed by atoms with van der Waals surface area (Å²) in [5.74, 6) is -0.574. The maximum atomic E-state index is 12.6. The van der Waals surface area contributed by atoms with Gasteiger partial charge in [0.1, 0.15) is 12.2 Å². The van der Waals surface area contributed by atoms with Crippen LogP contribution in [0.3, 0.4) is 0 Å². The minimum atomic E-state index is -1.26. The van der Waals surface area contributed by atoms with E-state index in [1.807, 2.05) is 0 Å². The Balaban J connectivity index is 3.52. The molecular formula is C63H127NO5. The summed E-state index contributed by atoms with van der Waals surface area (Å²) in [5.41, 5.74) is 0. The first-order valence-corrected chi connectivity index (χ1v) is 31.9. The van der Waals surface area contributed by atoms with Gasteiger partial charge in [-0.05, 0) is 12.8 Å². The lowest BCUT2D eigenvalue weighted by atomic mass is 9.99. The van der Waals surface area contributed by atoms with E-state index in [1.165, 1.54) is 302 Å². The highest BCUT2D eigenvalue weighted by atomic mass is 16.3. The third-order valence-corrected chi connectivity index (χ3v) is 15.6. The second kappa shape index (κ2) is 58.2. The number of hydrogen-bond donors (Lipinski definition) is 5. The van der Waals surface area contributed by atoms with Crippen LogP contribution in [0.5, 0.6) is 0 Å². The summed E-state index contributed by atoms with van der Waals surface area (Å²) in [5, 5.41) is 44.1. The lowest BCUT2D eigenvalue weighted by Gasteiger charge is -2.27. The summed E-state index contributed by atoms with van der Waals surface area (Å²) < 4.78 is 0. The van der Waals surface area contributed by atoms with Crippen LogP contribution in [0.2, 0.25) is 0 Å². The molecule has 0 radical (unpaired) electrons. The van der Waals surface area contributed by atoms with Gasteiger partial charge in [-0.25, -0.2) is 0 Å². The fourth-order valence-corrected chi connectivity index (χ4v) is 10.6. The zero-order valence-corrected chi connectivity index (χ0v) is 47.1. The predicted octanol–water partition coefficient (Wildman–Crippen LogP) is 19.0. The molecule has 0 aromatic heterocycles. The molecule has 0 rings (SSSR count). The van der Waals surface area contributed by atoms with E-state index in [-0.39, 0.29) is 0 Å². The van der Waals surface area contributed by atoms with Crippen molar-refractivity contribution in [2.24, 2.45) is 0 Å². The number of carbonyl (C=O) groups is 1. The molecule has 0 aromatic carbocycles. The average Bonchev–Trinajstić information content (AvgIpc) is 3.35. The molecule has 4 unspecified atom stereocenters. The highest BCUT2D eigenvalue weighted by molar-refractivity contribution is 5.80. The quantitative estimate of drug-likeness (QED) is 0.0390. The molecule has 0 bridgehead atoms. The Morgan fingerprint density at radius 2 is 0.493 bits per heavy atom. The number of carbonyl (C=O) groups excluding carboxylic acids is 1. The van der Waals surface area contributed by atoms with E-state index >= 15 is 0 Å². The molecule has 414 valence electrons. The van der Waals surface area contributed by atoms with Crippen LogP contribution in [0.15, 0.2) is 0 Å². The van der Waals surface area contributed by atoms with Crippen molar-refractivity contribution in [2.45, 2.75) is 391 Å². The van der Waals surface area contributed by atoms with E-state index < -0.39 is 36.9 Å². The van der Waals surface area contributed by atoms with Crippen molar-refractivity contribution in [3.8, 4) is 0 Å². The van der Waals surface area contributed by atoms with Crippen molar-refractivity contribution >= 4 is 5.91 Å². The molecule has 0 fully saturated rings. The summed E-state index contributed by atoms with van der Waals surface area (Å²) in [6.45, 7) is 4.11. The van der Waals surface area contributed by atoms with Gasteiger partial charge in [0.25, 0.3) is 0 Å². The van der Waals surface area contributed by atoms with E-state index in [0.717, 1.165) is 38.5 Å². The molecule has 1 amide bonds. The fraction of sp³-hybridized carbons (Fsp3) is 0.984. The van der Waals surface area contributed by atoms with E-state index in [0.29, 0.717) is 12.8 Å². The molecule has 0 saturated carbocycles. The van der Waals surface area contributed by atoms with Crippen molar-refractivity contribution in [2.75, 3.05) is 6.61 Å². The van der Waals surface area contributed by atoms with Crippen LogP contribution in [0, 0.1) is 0 Å². The van der Waals surface area contributed by atoms with Gasteiger partial charge < -0.3 is 25.7 Å². The van der Waals surface area contributed by atoms with Crippen molar-refractivity contribution in [3.05, 3.63) is 0 Å². The molecule has 0 aliphatic heterocycles. The maximum Gasteiger partial charge on any atom is 0.249 e. The second-order valence-corrected chi connectivity index (χ2v) is 22.5. The number of aliphatic hydroxyl groups is 4. The van der Waals surface area contributed by atoms with Gasteiger partial charge in [-0.15, -0.1) is 0 Å². The molecule has 5 N–H and O–H groups in total. The van der Waals surface area contributed by atoms with Crippen molar-refractivity contribution in [1.29, 1.82) is 0 Å². The fourth-order valence-electron chi connectivity index (χ4n) is 10.6. The monoisotopic (exact) mass is 978 g/mol. The van der Waals surface area contributed by atoms with Crippen LogP contribution in [0.25, 0.3) is 0 Å². The highest BCUT2D eigenvalue weighted by Crippen LogP contribution is 2.20. The summed E-state index contributed by atoms with van der Waals surface area (Å²) >= 11 is 0. The second-order valence-electron chi connectivity index (χ2n) is 22.5. The van der Waals surface area contributed by atoms with Gasteiger partial charge in [0.2, 0.25) is 5.91 Å². The minimum Gasteiger partial charge on any atom is -0.394 e. The Morgan fingerprint density at radius 3 is 0.696 bits per heavy atom. The van der Waals surface area contributed by atoms with Crippen LogP contribution in [0.4, 0.5) is 0 Å². The van der Waals surface area contributed by atoms with Crippen LogP contribution in [-0.4, -0.2) is 57.3 Å². The topological polar surface area (TPSA) is 110 Å². The molecule has 0 heterocycles. The van der Waals surface area contributed by atoms with Gasteiger partial charge in [0.15, 0.2) is 0 Å². The van der Waals surface area contributed by atoms with Gasteiger partial charge in [-0.1, -0.05) is 354 Å². The van der Waals surface area contributed by atoms with Crippen LogP contribution < -0.4 is 5.32 Å². The molecule has 0 saturated heterocycles. The lowest BCUT2D eigenvalue weighted by Crippen LogP contribution is -2.53. The number of rotatable bonds is 60. The molecular weight excluding hydrogens is 851 g/mol. The smallest absolute Gasteiger partial charge is 0.249 e. The van der Waals surface area contributed by atoms with Crippen molar-refractivity contribution < 1.29 is 25.2 Å². The van der Waals surface area contributed by atoms with Gasteiger partial charge in [-0.2, -0.15) is 0 Å². The summed E-state index contributed by atoms with van der Waals surface area (Å²) in [4.78, 5) is 12.6. The average molecular weight is 979 g/mol. The molecule has 0 aliphatic rings. The number of aliphatic hydroxyl groups excluding tert-OH is 4. The molecule has 6 nitrogen and oxygen atoms in total. The molecule has 6 heteroatoms. The van der Waals surface area contributed by atoms with Crippen LogP contribution in [-0.2, 0) is 4.79 Å². The largest absolute Gasteiger partial charge is 0.394 e. The third-order valence-electron chi connectivity index (χ3n) is 15.6. The van der Waals surface area contributed by atoms with Gasteiger partial charge in [0, 0.05) is 0 Å². The third kappa shape index (κ3) is 52.0. The Hall–Kier alpha value is -0.690. The van der Waals surface area contributed by atoms with Crippen LogP contribution >= 0.6 is 0 Å². The lowest BCUT2D eigenvalue weighted by molar-refractivity contribution is -0.132. The van der Waals surface area contributed by atoms with E-state index in [4.69, 9.17) is 0 Å². The molecule has 0 spiro atoms. The van der Waals surface area contributed by atoms with Crippen molar-refractivity contribution in [1.82, 2.24) is 5.32 Å². The number of amides is 1.